The Morgan fingerprint density at radius 3 is 2.56 bits per heavy atom. The predicted molar refractivity (Wildman–Crippen MR) is 135 cm³/mol. The zero-order chi connectivity index (χ0) is 24.1. The minimum absolute atomic E-state index is 0.0518. The summed E-state index contributed by atoms with van der Waals surface area (Å²) < 4.78 is 8.26. The number of benzene rings is 2. The van der Waals surface area contributed by atoms with Gasteiger partial charge in [0, 0.05) is 6.04 Å². The van der Waals surface area contributed by atoms with Gasteiger partial charge in [-0.25, -0.2) is 4.79 Å². The van der Waals surface area contributed by atoms with E-state index >= 15 is 0 Å². The van der Waals surface area contributed by atoms with Crippen molar-refractivity contribution in [2.24, 2.45) is 0 Å². The first-order chi connectivity index (χ1) is 16.5. The third kappa shape index (κ3) is 5.28. The van der Waals surface area contributed by atoms with Crippen molar-refractivity contribution in [2.75, 3.05) is 7.11 Å². The lowest BCUT2D eigenvalue weighted by molar-refractivity contribution is -0.122. The maximum Gasteiger partial charge on any atom is 0.332 e. The molecule has 0 saturated carbocycles. The summed E-state index contributed by atoms with van der Waals surface area (Å²) in [5, 5.41) is 4.74. The molecule has 2 aromatic carbocycles. The number of thiophene rings is 1. The summed E-state index contributed by atoms with van der Waals surface area (Å²) in [5.41, 5.74) is 1.59. The molecule has 0 spiro atoms. The van der Waals surface area contributed by atoms with Crippen molar-refractivity contribution in [1.82, 2.24) is 14.5 Å². The molecule has 0 radical (unpaired) electrons. The molecule has 4 rings (SSSR count). The number of methoxy groups -OCH3 is 1. The molecule has 0 bridgehead atoms. The van der Waals surface area contributed by atoms with Gasteiger partial charge in [-0.1, -0.05) is 42.5 Å². The van der Waals surface area contributed by atoms with Crippen LogP contribution in [0.5, 0.6) is 5.75 Å². The van der Waals surface area contributed by atoms with Gasteiger partial charge < -0.3 is 10.1 Å². The van der Waals surface area contributed by atoms with Gasteiger partial charge in [0.15, 0.2) is 0 Å². The predicted octanol–water partition coefficient (Wildman–Crippen LogP) is 3.42. The quantitative estimate of drug-likeness (QED) is 0.401. The Labute approximate surface area is 201 Å². The first kappa shape index (κ1) is 23.5. The standard InChI is InChI=1S/C26H27N3O4S/c1-18(11-12-19-7-4-3-5-8-19)27-23(30)17-28-22-13-14-34-24(22)25(31)29(26(28)32)16-20-9-6-10-21(15-20)33-2/h3-10,13-15,18H,11-12,16-17H2,1-2H3,(H,27,30)/t18-/m0/s1. The van der Waals surface area contributed by atoms with Crippen molar-refractivity contribution in [1.29, 1.82) is 0 Å². The molecular formula is C26H27N3O4S. The van der Waals surface area contributed by atoms with Crippen LogP contribution in [0.3, 0.4) is 0 Å². The molecule has 1 N–H and O–H groups in total. The van der Waals surface area contributed by atoms with E-state index in [-0.39, 0.29) is 30.6 Å². The third-order valence-corrected chi connectivity index (χ3v) is 6.62. The molecule has 0 unspecified atom stereocenters. The number of hydrogen-bond donors (Lipinski definition) is 1. The van der Waals surface area contributed by atoms with Crippen molar-refractivity contribution in [3.05, 3.63) is 98.0 Å². The van der Waals surface area contributed by atoms with Crippen LogP contribution < -0.4 is 21.3 Å². The van der Waals surface area contributed by atoms with E-state index in [9.17, 15) is 14.4 Å². The lowest BCUT2D eigenvalue weighted by atomic mass is 10.1. The molecule has 1 atom stereocenters. The van der Waals surface area contributed by atoms with E-state index < -0.39 is 5.69 Å². The largest absolute Gasteiger partial charge is 0.497 e. The number of nitrogens with zero attached hydrogens (tertiary/aromatic N) is 2. The number of carbonyl (C=O) groups is 1. The van der Waals surface area contributed by atoms with Crippen LogP contribution in [0.1, 0.15) is 24.5 Å². The second kappa shape index (κ2) is 10.5. The molecule has 34 heavy (non-hydrogen) atoms. The molecule has 176 valence electrons. The molecule has 0 aliphatic rings. The summed E-state index contributed by atoms with van der Waals surface area (Å²) in [6, 6.07) is 19.0. The van der Waals surface area contributed by atoms with Crippen LogP contribution in [-0.4, -0.2) is 28.2 Å². The van der Waals surface area contributed by atoms with Gasteiger partial charge in [0.25, 0.3) is 5.56 Å². The SMILES string of the molecule is COc1cccc(Cn2c(=O)c3sccc3n(CC(=O)N[C@@H](C)CCc3ccccc3)c2=O)c1. The molecule has 0 saturated heterocycles. The van der Waals surface area contributed by atoms with Crippen molar-refractivity contribution in [2.45, 2.75) is 38.9 Å². The van der Waals surface area contributed by atoms with Gasteiger partial charge >= 0.3 is 5.69 Å². The van der Waals surface area contributed by atoms with E-state index in [0.29, 0.717) is 16.0 Å². The number of ether oxygens (including phenoxy) is 1. The fourth-order valence-corrected chi connectivity index (χ4v) is 4.79. The van der Waals surface area contributed by atoms with Gasteiger partial charge in [0.1, 0.15) is 17.0 Å². The number of aryl methyl sites for hydroxylation is 1. The van der Waals surface area contributed by atoms with Crippen molar-refractivity contribution in [3.8, 4) is 5.75 Å². The fourth-order valence-electron chi connectivity index (χ4n) is 3.94. The monoisotopic (exact) mass is 477 g/mol. The van der Waals surface area contributed by atoms with Crippen LogP contribution in [0.2, 0.25) is 0 Å². The Morgan fingerprint density at radius 2 is 1.79 bits per heavy atom. The van der Waals surface area contributed by atoms with E-state index in [4.69, 9.17) is 4.74 Å². The highest BCUT2D eigenvalue weighted by Gasteiger charge is 2.17. The Balaban J connectivity index is 1.54. The summed E-state index contributed by atoms with van der Waals surface area (Å²) in [6.45, 7) is 1.89. The van der Waals surface area contributed by atoms with E-state index in [1.807, 2.05) is 37.3 Å². The van der Waals surface area contributed by atoms with Crippen LogP contribution in [-0.2, 0) is 24.3 Å². The van der Waals surface area contributed by atoms with Gasteiger partial charge in [-0.3, -0.25) is 18.7 Å². The molecule has 4 aromatic rings. The zero-order valence-corrected chi connectivity index (χ0v) is 20.0. The molecule has 0 aliphatic heterocycles. The Hall–Kier alpha value is -3.65. The van der Waals surface area contributed by atoms with Crippen molar-refractivity contribution < 1.29 is 9.53 Å². The molecule has 8 heteroatoms. The van der Waals surface area contributed by atoms with Crippen molar-refractivity contribution >= 4 is 27.5 Å². The van der Waals surface area contributed by atoms with E-state index in [2.05, 4.69) is 17.4 Å². The Morgan fingerprint density at radius 1 is 1.03 bits per heavy atom. The van der Waals surface area contributed by atoms with Crippen LogP contribution in [0.25, 0.3) is 10.2 Å². The molecule has 0 fully saturated rings. The second-order valence-electron chi connectivity index (χ2n) is 8.24. The van der Waals surface area contributed by atoms with Crippen LogP contribution in [0, 0.1) is 0 Å². The summed E-state index contributed by atoms with van der Waals surface area (Å²) in [7, 11) is 1.56. The van der Waals surface area contributed by atoms with E-state index in [0.717, 1.165) is 18.4 Å². The normalized spacial score (nSPS) is 11.9. The van der Waals surface area contributed by atoms with Crippen molar-refractivity contribution in [3.63, 3.8) is 0 Å². The fraction of sp³-hybridized carbons (Fsp3) is 0.269. The molecule has 0 aliphatic carbocycles. The van der Waals surface area contributed by atoms with Gasteiger partial charge in [0.05, 0.1) is 19.2 Å². The first-order valence-electron chi connectivity index (χ1n) is 11.1. The summed E-state index contributed by atoms with van der Waals surface area (Å²) in [6.07, 6.45) is 1.64. The third-order valence-electron chi connectivity index (χ3n) is 5.73. The summed E-state index contributed by atoms with van der Waals surface area (Å²) >= 11 is 1.27. The highest BCUT2D eigenvalue weighted by molar-refractivity contribution is 7.17. The van der Waals surface area contributed by atoms with Gasteiger partial charge in [-0.05, 0) is 54.5 Å². The smallest absolute Gasteiger partial charge is 0.332 e. The molecule has 2 heterocycles. The molecule has 7 nitrogen and oxygen atoms in total. The molecule has 2 aromatic heterocycles. The molecule has 1 amide bonds. The lowest BCUT2D eigenvalue weighted by Gasteiger charge is -2.16. The number of fused-ring (bicyclic) bond motifs is 1. The second-order valence-corrected chi connectivity index (χ2v) is 9.16. The zero-order valence-electron chi connectivity index (χ0n) is 19.2. The Kier molecular flexibility index (Phi) is 7.27. The van der Waals surface area contributed by atoms with Gasteiger partial charge in [-0.15, -0.1) is 11.3 Å². The van der Waals surface area contributed by atoms with Gasteiger partial charge in [-0.2, -0.15) is 0 Å². The minimum Gasteiger partial charge on any atom is -0.497 e. The number of carbonyl (C=O) groups excluding carboxylic acids is 1. The van der Waals surface area contributed by atoms with Gasteiger partial charge in [0.2, 0.25) is 5.91 Å². The highest BCUT2D eigenvalue weighted by atomic mass is 32.1. The van der Waals surface area contributed by atoms with Crippen LogP contribution >= 0.6 is 11.3 Å². The highest BCUT2D eigenvalue weighted by Crippen LogP contribution is 2.17. The molecular weight excluding hydrogens is 450 g/mol. The van der Waals surface area contributed by atoms with E-state index in [1.165, 1.54) is 26.0 Å². The number of amides is 1. The average molecular weight is 478 g/mol. The first-order valence-corrected chi connectivity index (χ1v) is 12.0. The number of nitrogens with one attached hydrogen (secondary N) is 1. The minimum atomic E-state index is -0.509. The topological polar surface area (TPSA) is 82.3 Å². The number of rotatable bonds is 9. The maximum absolute atomic E-state index is 13.3. The maximum atomic E-state index is 13.3. The number of aromatic nitrogens is 2. The average Bonchev–Trinajstić information content (AvgIpc) is 3.34. The van der Waals surface area contributed by atoms with Crippen LogP contribution in [0.4, 0.5) is 0 Å². The summed E-state index contributed by atoms with van der Waals surface area (Å²) in [4.78, 5) is 39.2. The Bertz CT molecular complexity index is 1410. The van der Waals surface area contributed by atoms with E-state index in [1.54, 1.807) is 30.7 Å². The summed E-state index contributed by atoms with van der Waals surface area (Å²) in [5.74, 6) is 0.383. The number of hydrogen-bond acceptors (Lipinski definition) is 5. The van der Waals surface area contributed by atoms with Crippen LogP contribution in [0.15, 0.2) is 75.6 Å². The lowest BCUT2D eigenvalue weighted by Crippen LogP contribution is -2.43.